The van der Waals surface area contributed by atoms with E-state index in [2.05, 4.69) is 10.2 Å². The van der Waals surface area contributed by atoms with E-state index in [1.807, 2.05) is 49.3 Å². The number of rotatable bonds is 8. The van der Waals surface area contributed by atoms with Gasteiger partial charge in [0.15, 0.2) is 5.11 Å². The summed E-state index contributed by atoms with van der Waals surface area (Å²) >= 11 is 17.6. The van der Waals surface area contributed by atoms with Gasteiger partial charge in [-0.15, -0.1) is 0 Å². The van der Waals surface area contributed by atoms with E-state index in [-0.39, 0.29) is 0 Å². The van der Waals surface area contributed by atoms with Crippen LogP contribution < -0.4 is 15.0 Å². The maximum Gasteiger partial charge on any atom is 0.173 e. The average Bonchev–Trinajstić information content (AvgIpc) is 2.58. The first-order valence-electron chi connectivity index (χ1n) is 8.30. The second-order valence-corrected chi connectivity index (χ2v) is 7.24. The lowest BCUT2D eigenvalue weighted by Crippen LogP contribution is -2.44. The fourth-order valence-corrected chi connectivity index (χ4v) is 3.11. The molecule has 0 radical (unpaired) electrons. The Morgan fingerprint density at radius 2 is 1.69 bits per heavy atom. The number of nitrogens with zero attached hydrogens (tertiary/aromatic N) is 2. The van der Waals surface area contributed by atoms with Crippen LogP contribution in [0.25, 0.3) is 0 Å². The van der Waals surface area contributed by atoms with E-state index in [9.17, 15) is 0 Å². The molecular formula is C19H23Cl2N3OS. The quantitative estimate of drug-likeness (QED) is 0.653. The number of halogens is 2. The van der Waals surface area contributed by atoms with Gasteiger partial charge in [0.1, 0.15) is 12.4 Å². The van der Waals surface area contributed by atoms with Gasteiger partial charge >= 0.3 is 0 Å². The molecule has 0 bridgehead atoms. The maximum absolute atomic E-state index is 6.01. The number of nitrogens with one attached hydrogen (secondary N) is 1. The van der Waals surface area contributed by atoms with Crippen LogP contribution in [0.5, 0.6) is 5.75 Å². The lowest BCUT2D eigenvalue weighted by Gasteiger charge is -2.26. The van der Waals surface area contributed by atoms with Crippen molar-refractivity contribution in [3.63, 3.8) is 0 Å². The molecular weight excluding hydrogens is 389 g/mol. The van der Waals surface area contributed by atoms with Gasteiger partial charge in [0.2, 0.25) is 0 Å². The predicted molar refractivity (Wildman–Crippen MR) is 115 cm³/mol. The molecule has 0 aromatic heterocycles. The summed E-state index contributed by atoms with van der Waals surface area (Å²) in [6, 6.07) is 15.2. The minimum absolute atomic E-state index is 0.446. The molecule has 0 heterocycles. The van der Waals surface area contributed by atoms with Crippen LogP contribution in [0.4, 0.5) is 5.69 Å². The Morgan fingerprint density at radius 1 is 1.04 bits per heavy atom. The van der Waals surface area contributed by atoms with E-state index in [0.29, 0.717) is 34.1 Å². The van der Waals surface area contributed by atoms with Crippen LogP contribution in [0, 0.1) is 0 Å². The smallest absolute Gasteiger partial charge is 0.173 e. The van der Waals surface area contributed by atoms with Crippen LogP contribution in [0.2, 0.25) is 10.0 Å². The third-order valence-corrected chi connectivity index (χ3v) is 4.37. The maximum atomic E-state index is 6.01. The zero-order chi connectivity index (χ0) is 18.9. The second-order valence-electron chi connectivity index (χ2n) is 5.98. The molecule has 0 saturated heterocycles. The Kier molecular flexibility index (Phi) is 8.45. The number of ether oxygens (including phenoxy) is 1. The Bertz CT molecular complexity index is 693. The van der Waals surface area contributed by atoms with Gasteiger partial charge < -0.3 is 19.9 Å². The molecule has 2 aromatic carbocycles. The molecule has 1 N–H and O–H groups in total. The van der Waals surface area contributed by atoms with Gasteiger partial charge in [-0.25, -0.2) is 0 Å². The third-order valence-electron chi connectivity index (χ3n) is 3.57. The molecule has 2 rings (SSSR count). The fourth-order valence-electron chi connectivity index (χ4n) is 2.30. The van der Waals surface area contributed by atoms with Crippen LogP contribution >= 0.6 is 35.4 Å². The zero-order valence-corrected chi connectivity index (χ0v) is 17.2. The van der Waals surface area contributed by atoms with E-state index in [1.165, 1.54) is 0 Å². The second kappa shape index (κ2) is 10.6. The highest BCUT2D eigenvalue weighted by molar-refractivity contribution is 7.80. The van der Waals surface area contributed by atoms with Crippen molar-refractivity contribution < 1.29 is 4.74 Å². The molecule has 26 heavy (non-hydrogen) atoms. The first kappa shape index (κ1) is 20.8. The van der Waals surface area contributed by atoms with E-state index in [0.717, 1.165) is 18.8 Å². The van der Waals surface area contributed by atoms with Crippen LogP contribution in [-0.2, 0) is 0 Å². The highest BCUT2D eigenvalue weighted by Crippen LogP contribution is 2.24. The SMILES string of the molecule is CN(C)CCNC(=S)N(CCOc1cc(Cl)cc(Cl)c1)c1ccccc1. The van der Waals surface area contributed by atoms with E-state index < -0.39 is 0 Å². The van der Waals surface area contributed by atoms with Crippen molar-refractivity contribution in [1.29, 1.82) is 0 Å². The lowest BCUT2D eigenvalue weighted by atomic mass is 10.3. The molecule has 4 nitrogen and oxygen atoms in total. The van der Waals surface area contributed by atoms with Crippen molar-refractivity contribution in [3.8, 4) is 5.75 Å². The molecule has 2 aromatic rings. The number of benzene rings is 2. The molecule has 0 atom stereocenters. The topological polar surface area (TPSA) is 27.7 Å². The molecule has 0 unspecified atom stereocenters. The van der Waals surface area contributed by atoms with E-state index >= 15 is 0 Å². The largest absolute Gasteiger partial charge is 0.492 e. The first-order valence-corrected chi connectivity index (χ1v) is 9.46. The van der Waals surface area contributed by atoms with Crippen LogP contribution in [0.1, 0.15) is 0 Å². The summed E-state index contributed by atoms with van der Waals surface area (Å²) in [6.45, 7) is 2.73. The molecule has 0 saturated carbocycles. The van der Waals surface area contributed by atoms with Gasteiger partial charge in [-0.05, 0) is 56.6 Å². The molecule has 0 aliphatic heterocycles. The van der Waals surface area contributed by atoms with E-state index in [4.69, 9.17) is 40.2 Å². The van der Waals surface area contributed by atoms with Crippen molar-refractivity contribution in [2.75, 3.05) is 45.2 Å². The summed E-state index contributed by atoms with van der Waals surface area (Å²) in [6.07, 6.45) is 0. The average molecular weight is 412 g/mol. The Hall–Kier alpha value is -1.53. The predicted octanol–water partition coefficient (Wildman–Crippen LogP) is 4.31. The van der Waals surface area contributed by atoms with Crippen molar-refractivity contribution in [2.24, 2.45) is 0 Å². The number of para-hydroxylation sites is 1. The monoisotopic (exact) mass is 411 g/mol. The summed E-state index contributed by atoms with van der Waals surface area (Å²) in [5, 5.41) is 5.07. The summed E-state index contributed by atoms with van der Waals surface area (Å²) in [5.74, 6) is 0.641. The van der Waals surface area contributed by atoms with Crippen molar-refractivity contribution in [2.45, 2.75) is 0 Å². The summed E-state index contributed by atoms with van der Waals surface area (Å²) in [7, 11) is 4.06. The molecule has 140 valence electrons. The van der Waals surface area contributed by atoms with Crippen LogP contribution in [-0.4, -0.2) is 50.3 Å². The van der Waals surface area contributed by atoms with Crippen LogP contribution in [0.15, 0.2) is 48.5 Å². The Balaban J connectivity index is 1.98. The van der Waals surface area contributed by atoms with Crippen LogP contribution in [0.3, 0.4) is 0 Å². The molecule has 0 fully saturated rings. The number of thiocarbonyl (C=S) groups is 1. The van der Waals surface area contributed by atoms with Gasteiger partial charge in [0, 0.05) is 28.8 Å². The Labute approximate surface area is 170 Å². The minimum atomic E-state index is 0.446. The van der Waals surface area contributed by atoms with Gasteiger partial charge in [0.25, 0.3) is 0 Å². The van der Waals surface area contributed by atoms with Crippen molar-refractivity contribution in [3.05, 3.63) is 58.6 Å². The van der Waals surface area contributed by atoms with E-state index in [1.54, 1.807) is 18.2 Å². The van der Waals surface area contributed by atoms with Crippen molar-refractivity contribution >= 4 is 46.2 Å². The summed E-state index contributed by atoms with van der Waals surface area (Å²) in [5.41, 5.74) is 1.02. The lowest BCUT2D eigenvalue weighted by molar-refractivity contribution is 0.328. The number of anilines is 1. The molecule has 0 spiro atoms. The molecule has 0 aliphatic rings. The summed E-state index contributed by atoms with van der Waals surface area (Å²) in [4.78, 5) is 4.13. The van der Waals surface area contributed by atoms with Gasteiger partial charge in [-0.3, -0.25) is 0 Å². The zero-order valence-electron chi connectivity index (χ0n) is 14.9. The van der Waals surface area contributed by atoms with Crippen molar-refractivity contribution in [1.82, 2.24) is 10.2 Å². The molecule has 0 aliphatic carbocycles. The summed E-state index contributed by atoms with van der Waals surface area (Å²) < 4.78 is 5.81. The van der Waals surface area contributed by atoms with Gasteiger partial charge in [-0.2, -0.15) is 0 Å². The number of hydrogen-bond acceptors (Lipinski definition) is 3. The molecule has 7 heteroatoms. The fraction of sp³-hybridized carbons (Fsp3) is 0.316. The third kappa shape index (κ3) is 7.00. The number of likely N-dealkylation sites (N-methyl/N-ethyl adjacent to an activating group) is 1. The molecule has 0 amide bonds. The van der Waals surface area contributed by atoms with Gasteiger partial charge in [0.05, 0.1) is 6.54 Å². The number of hydrogen-bond donors (Lipinski definition) is 1. The normalized spacial score (nSPS) is 10.7. The Morgan fingerprint density at radius 3 is 2.31 bits per heavy atom. The van der Waals surface area contributed by atoms with Gasteiger partial charge in [-0.1, -0.05) is 41.4 Å². The minimum Gasteiger partial charge on any atom is -0.492 e. The highest BCUT2D eigenvalue weighted by atomic mass is 35.5. The first-order chi connectivity index (χ1) is 12.5. The highest BCUT2D eigenvalue weighted by Gasteiger charge is 2.12. The standard InChI is InChI=1S/C19H23Cl2N3OS/c1-23(2)9-8-22-19(26)24(17-6-4-3-5-7-17)10-11-25-18-13-15(20)12-16(21)14-18/h3-7,12-14H,8-11H2,1-2H3,(H,22,26).